The molecule has 0 spiro atoms. The number of aromatic nitrogens is 2. The highest BCUT2D eigenvalue weighted by atomic mass is 16.5. The minimum atomic E-state index is -0.401. The standard InChI is InChI=1S/C23H23N3O4/c1-3-13-30-23(29)18-9-11-19(12-10-18)25-21(27)15-26-16(2)24-20(14-22(26)28)17-7-5-4-6-8-17/h4-12,14H,3,13,15H2,1-2H3,(H,25,27). The van der Waals surface area contributed by atoms with E-state index in [1.165, 1.54) is 10.6 Å². The van der Waals surface area contributed by atoms with Crippen LogP contribution in [-0.2, 0) is 16.1 Å². The van der Waals surface area contributed by atoms with Gasteiger partial charge in [-0.15, -0.1) is 0 Å². The Labute approximate surface area is 174 Å². The van der Waals surface area contributed by atoms with Crippen molar-refractivity contribution < 1.29 is 14.3 Å². The third-order valence-electron chi connectivity index (χ3n) is 4.41. The summed E-state index contributed by atoms with van der Waals surface area (Å²) in [7, 11) is 0. The van der Waals surface area contributed by atoms with Crippen molar-refractivity contribution in [3.8, 4) is 11.3 Å². The molecule has 30 heavy (non-hydrogen) atoms. The van der Waals surface area contributed by atoms with Gasteiger partial charge in [-0.25, -0.2) is 9.78 Å². The first kappa shape index (κ1) is 21.0. The fourth-order valence-corrected chi connectivity index (χ4v) is 2.88. The zero-order valence-corrected chi connectivity index (χ0v) is 16.9. The Balaban J connectivity index is 1.68. The second-order valence-corrected chi connectivity index (χ2v) is 6.74. The van der Waals surface area contributed by atoms with E-state index in [-0.39, 0.29) is 18.0 Å². The lowest BCUT2D eigenvalue weighted by Gasteiger charge is -2.11. The SMILES string of the molecule is CCCOC(=O)c1ccc(NC(=O)Cn2c(C)nc(-c3ccccc3)cc2=O)cc1. The van der Waals surface area contributed by atoms with Gasteiger partial charge in [-0.3, -0.25) is 14.2 Å². The molecule has 0 saturated heterocycles. The van der Waals surface area contributed by atoms with Crippen LogP contribution < -0.4 is 10.9 Å². The van der Waals surface area contributed by atoms with Crippen LogP contribution in [0.4, 0.5) is 5.69 Å². The Kier molecular flexibility index (Phi) is 6.75. The fourth-order valence-electron chi connectivity index (χ4n) is 2.88. The average Bonchev–Trinajstić information content (AvgIpc) is 2.75. The summed E-state index contributed by atoms with van der Waals surface area (Å²) in [4.78, 5) is 41.2. The van der Waals surface area contributed by atoms with Crippen molar-refractivity contribution in [1.29, 1.82) is 0 Å². The Hall–Kier alpha value is -3.74. The number of rotatable bonds is 7. The molecule has 1 N–H and O–H groups in total. The maximum Gasteiger partial charge on any atom is 0.338 e. The summed E-state index contributed by atoms with van der Waals surface area (Å²) in [6.45, 7) is 3.82. The number of hydrogen-bond donors (Lipinski definition) is 1. The second-order valence-electron chi connectivity index (χ2n) is 6.74. The number of esters is 1. The van der Waals surface area contributed by atoms with Gasteiger partial charge in [0, 0.05) is 17.3 Å². The van der Waals surface area contributed by atoms with Gasteiger partial charge >= 0.3 is 5.97 Å². The number of carbonyl (C=O) groups is 2. The Morgan fingerprint density at radius 1 is 1.07 bits per heavy atom. The third-order valence-corrected chi connectivity index (χ3v) is 4.41. The van der Waals surface area contributed by atoms with Gasteiger partial charge in [0.1, 0.15) is 12.4 Å². The molecule has 0 aliphatic carbocycles. The molecular formula is C23H23N3O4. The maximum absolute atomic E-state index is 12.5. The molecule has 3 rings (SSSR count). The largest absolute Gasteiger partial charge is 0.462 e. The van der Waals surface area contributed by atoms with Crippen molar-refractivity contribution in [3.63, 3.8) is 0 Å². The number of hydrogen-bond acceptors (Lipinski definition) is 5. The van der Waals surface area contributed by atoms with E-state index in [4.69, 9.17) is 4.74 Å². The van der Waals surface area contributed by atoms with Crippen LogP contribution in [0.25, 0.3) is 11.3 Å². The van der Waals surface area contributed by atoms with Gasteiger partial charge in [0.25, 0.3) is 5.56 Å². The first-order chi connectivity index (χ1) is 14.5. The summed E-state index contributed by atoms with van der Waals surface area (Å²) in [5, 5.41) is 2.72. The van der Waals surface area contributed by atoms with Gasteiger partial charge in [-0.1, -0.05) is 37.3 Å². The lowest BCUT2D eigenvalue weighted by atomic mass is 10.1. The molecule has 2 aromatic carbocycles. The van der Waals surface area contributed by atoms with Gasteiger partial charge in [0.15, 0.2) is 0 Å². The van der Waals surface area contributed by atoms with E-state index in [9.17, 15) is 14.4 Å². The van der Waals surface area contributed by atoms with E-state index < -0.39 is 5.97 Å². The van der Waals surface area contributed by atoms with Crippen molar-refractivity contribution in [3.05, 3.63) is 82.4 Å². The molecule has 0 bridgehead atoms. The van der Waals surface area contributed by atoms with Crippen LogP contribution in [0.15, 0.2) is 65.5 Å². The van der Waals surface area contributed by atoms with Crippen LogP contribution in [0.3, 0.4) is 0 Å². The number of amides is 1. The molecule has 0 unspecified atom stereocenters. The lowest BCUT2D eigenvalue weighted by molar-refractivity contribution is -0.116. The number of anilines is 1. The fraction of sp³-hybridized carbons (Fsp3) is 0.217. The molecule has 0 radical (unpaired) electrons. The van der Waals surface area contributed by atoms with Crippen molar-refractivity contribution >= 4 is 17.6 Å². The minimum Gasteiger partial charge on any atom is -0.462 e. The third kappa shape index (κ3) is 5.20. The van der Waals surface area contributed by atoms with Crippen molar-refractivity contribution in [2.75, 3.05) is 11.9 Å². The second kappa shape index (κ2) is 9.65. The first-order valence-electron chi connectivity index (χ1n) is 9.69. The smallest absolute Gasteiger partial charge is 0.338 e. The topological polar surface area (TPSA) is 90.3 Å². The van der Waals surface area contributed by atoms with Crippen molar-refractivity contribution in [2.24, 2.45) is 0 Å². The highest BCUT2D eigenvalue weighted by molar-refractivity contribution is 5.93. The van der Waals surface area contributed by atoms with Crippen LogP contribution in [-0.4, -0.2) is 28.0 Å². The molecule has 7 heteroatoms. The van der Waals surface area contributed by atoms with Gasteiger partial charge in [0.05, 0.1) is 17.9 Å². The summed E-state index contributed by atoms with van der Waals surface area (Å²) in [5.74, 6) is -0.317. The molecule has 0 fully saturated rings. The van der Waals surface area contributed by atoms with E-state index in [1.807, 2.05) is 37.3 Å². The van der Waals surface area contributed by atoms with Crippen LogP contribution >= 0.6 is 0 Å². The number of benzene rings is 2. The van der Waals surface area contributed by atoms with Crippen LogP contribution in [0.5, 0.6) is 0 Å². The van der Waals surface area contributed by atoms with Crippen LogP contribution in [0.1, 0.15) is 29.5 Å². The summed E-state index contributed by atoms with van der Waals surface area (Å²) in [6.07, 6.45) is 0.750. The van der Waals surface area contributed by atoms with Gasteiger partial charge in [0.2, 0.25) is 5.91 Å². The van der Waals surface area contributed by atoms with Crippen LogP contribution in [0, 0.1) is 6.92 Å². The van der Waals surface area contributed by atoms with E-state index in [0.29, 0.717) is 29.4 Å². The summed E-state index contributed by atoms with van der Waals surface area (Å²) < 4.78 is 6.39. The van der Waals surface area contributed by atoms with Crippen molar-refractivity contribution in [2.45, 2.75) is 26.8 Å². The highest BCUT2D eigenvalue weighted by Crippen LogP contribution is 2.15. The monoisotopic (exact) mass is 405 g/mol. The van der Waals surface area contributed by atoms with E-state index in [2.05, 4.69) is 10.3 Å². The number of carbonyl (C=O) groups excluding carboxylic acids is 2. The molecule has 1 aromatic heterocycles. The molecule has 7 nitrogen and oxygen atoms in total. The molecule has 1 amide bonds. The van der Waals surface area contributed by atoms with Gasteiger partial charge in [-0.05, 0) is 37.6 Å². The maximum atomic E-state index is 12.5. The van der Waals surface area contributed by atoms with E-state index in [0.717, 1.165) is 12.0 Å². The summed E-state index contributed by atoms with van der Waals surface area (Å²) in [5.41, 5.74) is 2.04. The lowest BCUT2D eigenvalue weighted by Crippen LogP contribution is -2.29. The minimum absolute atomic E-state index is 0.160. The Morgan fingerprint density at radius 3 is 2.40 bits per heavy atom. The number of aryl methyl sites for hydroxylation is 1. The molecule has 0 aliphatic heterocycles. The van der Waals surface area contributed by atoms with Crippen LogP contribution in [0.2, 0.25) is 0 Å². The summed E-state index contributed by atoms with van der Waals surface area (Å²) >= 11 is 0. The van der Waals surface area contributed by atoms with Crippen molar-refractivity contribution in [1.82, 2.24) is 9.55 Å². The predicted octanol–water partition coefficient (Wildman–Crippen LogP) is 3.42. The normalized spacial score (nSPS) is 10.5. The first-order valence-corrected chi connectivity index (χ1v) is 9.69. The predicted molar refractivity (Wildman–Crippen MR) is 114 cm³/mol. The average molecular weight is 405 g/mol. The molecule has 3 aromatic rings. The quantitative estimate of drug-likeness (QED) is 0.608. The number of nitrogens with one attached hydrogen (secondary N) is 1. The molecule has 0 atom stereocenters. The number of nitrogens with zero attached hydrogens (tertiary/aromatic N) is 2. The Bertz CT molecular complexity index is 1090. The number of ether oxygens (including phenoxy) is 1. The molecule has 0 saturated carbocycles. The molecular weight excluding hydrogens is 382 g/mol. The van der Waals surface area contributed by atoms with Gasteiger partial charge < -0.3 is 10.1 Å². The highest BCUT2D eigenvalue weighted by Gasteiger charge is 2.12. The molecule has 0 aliphatic rings. The van der Waals surface area contributed by atoms with E-state index >= 15 is 0 Å². The van der Waals surface area contributed by atoms with Gasteiger partial charge in [-0.2, -0.15) is 0 Å². The Morgan fingerprint density at radius 2 is 1.77 bits per heavy atom. The summed E-state index contributed by atoms with van der Waals surface area (Å²) in [6, 6.07) is 17.2. The molecule has 154 valence electrons. The molecule has 1 heterocycles. The zero-order chi connectivity index (χ0) is 21.5. The zero-order valence-electron chi connectivity index (χ0n) is 16.9. The van der Waals surface area contributed by atoms with E-state index in [1.54, 1.807) is 31.2 Å².